The van der Waals surface area contributed by atoms with Gasteiger partial charge < -0.3 is 4.74 Å². The molecule has 0 aromatic heterocycles. The van der Waals surface area contributed by atoms with E-state index in [1.807, 2.05) is 0 Å². The van der Waals surface area contributed by atoms with Crippen molar-refractivity contribution >= 4 is 20.9 Å². The van der Waals surface area contributed by atoms with Gasteiger partial charge in [-0.05, 0) is 23.3 Å². The van der Waals surface area contributed by atoms with Crippen LogP contribution < -0.4 is 0 Å². The summed E-state index contributed by atoms with van der Waals surface area (Å²) in [6, 6.07) is 16.4. The highest BCUT2D eigenvalue weighted by Gasteiger charge is 2.45. The van der Waals surface area contributed by atoms with Crippen LogP contribution in [-0.2, 0) is 33.1 Å². The SMILES string of the molecule is O=C(OCc1ccccc1)C(C(=O)c1c(C(F)(F)F)cccc1C(F)(F)F)c1ccccc1.O=[PH2+]. The van der Waals surface area contributed by atoms with Crippen LogP contribution in [0.25, 0.3) is 0 Å². The minimum absolute atomic E-state index is 0.0920. The number of rotatable bonds is 6. The maximum absolute atomic E-state index is 13.6. The number of carbonyl (C=O) groups is 2. The number of hydrogen-bond donors (Lipinski definition) is 0. The van der Waals surface area contributed by atoms with Gasteiger partial charge in [0.15, 0.2) is 5.78 Å². The lowest BCUT2D eigenvalue weighted by Crippen LogP contribution is -2.29. The normalized spacial score (nSPS) is 12.2. The molecule has 2 atom stereocenters. The molecule has 4 nitrogen and oxygen atoms in total. The summed E-state index contributed by atoms with van der Waals surface area (Å²) in [5.41, 5.74) is -4.75. The molecule has 184 valence electrons. The largest absolute Gasteiger partial charge is 0.460 e. The molecule has 0 radical (unpaired) electrons. The zero-order valence-corrected chi connectivity index (χ0v) is 18.9. The van der Waals surface area contributed by atoms with Gasteiger partial charge in [0.05, 0.1) is 11.1 Å². The summed E-state index contributed by atoms with van der Waals surface area (Å²) < 4.78 is 94.7. The van der Waals surface area contributed by atoms with Crippen LogP contribution in [0.15, 0.2) is 78.9 Å². The molecule has 0 fully saturated rings. The van der Waals surface area contributed by atoms with Crippen molar-refractivity contribution in [3.63, 3.8) is 0 Å². The highest BCUT2D eigenvalue weighted by atomic mass is 31.0. The molecule has 3 aromatic carbocycles. The van der Waals surface area contributed by atoms with Crippen LogP contribution in [0.3, 0.4) is 0 Å². The summed E-state index contributed by atoms with van der Waals surface area (Å²) >= 11 is 0. The van der Waals surface area contributed by atoms with E-state index >= 15 is 0 Å². The van der Waals surface area contributed by atoms with E-state index in [-0.39, 0.29) is 12.2 Å². The van der Waals surface area contributed by atoms with Crippen molar-refractivity contribution in [2.24, 2.45) is 0 Å². The Kier molecular flexibility index (Phi) is 9.31. The van der Waals surface area contributed by atoms with Crippen molar-refractivity contribution in [3.05, 3.63) is 107 Å². The predicted octanol–water partition coefficient (Wildman–Crippen LogP) is 6.64. The van der Waals surface area contributed by atoms with Crippen molar-refractivity contribution in [3.8, 4) is 0 Å². The molecule has 0 bridgehead atoms. The third-order valence-corrected chi connectivity index (χ3v) is 4.78. The number of carbonyl (C=O) groups excluding carboxylic acids is 2. The van der Waals surface area contributed by atoms with Gasteiger partial charge in [-0.25, -0.2) is 0 Å². The smallest absolute Gasteiger partial charge is 0.417 e. The zero-order valence-electron chi connectivity index (χ0n) is 17.8. The van der Waals surface area contributed by atoms with Crippen molar-refractivity contribution in [1.82, 2.24) is 0 Å². The molecule has 2 unspecified atom stereocenters. The summed E-state index contributed by atoms with van der Waals surface area (Å²) in [5, 5.41) is 0. The molecule has 35 heavy (non-hydrogen) atoms. The maximum atomic E-state index is 13.6. The highest BCUT2D eigenvalue weighted by molar-refractivity contribution is 7.00. The number of ether oxygens (including phenoxy) is 1. The van der Waals surface area contributed by atoms with Crippen molar-refractivity contribution in [1.29, 1.82) is 0 Å². The molecular weight excluding hydrogens is 497 g/mol. The van der Waals surface area contributed by atoms with Gasteiger partial charge >= 0.3 is 27.4 Å². The van der Waals surface area contributed by atoms with Gasteiger partial charge in [0.25, 0.3) is 0 Å². The number of benzene rings is 3. The molecule has 0 saturated heterocycles. The third kappa shape index (κ3) is 6.99. The van der Waals surface area contributed by atoms with E-state index in [2.05, 4.69) is 0 Å². The molecule has 0 spiro atoms. The monoisotopic (exact) mass is 515 g/mol. The Hall–Kier alpha value is -3.52. The van der Waals surface area contributed by atoms with Gasteiger partial charge in [0, 0.05) is 5.56 Å². The Morgan fingerprint density at radius 3 is 1.63 bits per heavy atom. The molecule has 0 aliphatic rings. The van der Waals surface area contributed by atoms with E-state index in [0.717, 1.165) is 0 Å². The van der Waals surface area contributed by atoms with E-state index in [4.69, 9.17) is 9.30 Å². The van der Waals surface area contributed by atoms with Gasteiger partial charge in [-0.3, -0.25) is 9.59 Å². The lowest BCUT2D eigenvalue weighted by Gasteiger charge is -2.21. The summed E-state index contributed by atoms with van der Waals surface area (Å²) in [5.74, 6) is -4.95. The molecule has 11 heteroatoms. The first-order valence-electron chi connectivity index (χ1n) is 9.81. The number of halogens is 6. The number of hydrogen-bond acceptors (Lipinski definition) is 4. The zero-order chi connectivity index (χ0) is 26.2. The van der Waals surface area contributed by atoms with Gasteiger partial charge in [-0.15, -0.1) is 0 Å². The second-order valence-electron chi connectivity index (χ2n) is 7.02. The number of alkyl halides is 6. The van der Waals surface area contributed by atoms with Crippen molar-refractivity contribution in [2.75, 3.05) is 0 Å². The van der Waals surface area contributed by atoms with Crippen LogP contribution in [0.5, 0.6) is 0 Å². The third-order valence-electron chi connectivity index (χ3n) is 4.78. The van der Waals surface area contributed by atoms with E-state index in [1.54, 1.807) is 30.3 Å². The van der Waals surface area contributed by atoms with Gasteiger partial charge in [-0.2, -0.15) is 26.3 Å². The predicted molar refractivity (Wildman–Crippen MR) is 117 cm³/mol. The highest BCUT2D eigenvalue weighted by Crippen LogP contribution is 2.41. The van der Waals surface area contributed by atoms with E-state index in [1.165, 1.54) is 39.5 Å². The van der Waals surface area contributed by atoms with Gasteiger partial charge in [0.2, 0.25) is 0 Å². The fraction of sp³-hybridized carbons (Fsp3) is 0.167. The Morgan fingerprint density at radius 2 is 1.17 bits per heavy atom. The molecule has 0 amide bonds. The average molecular weight is 515 g/mol. The number of esters is 1. The lowest BCUT2D eigenvalue weighted by atomic mass is 9.85. The summed E-state index contributed by atoms with van der Waals surface area (Å²) in [4.78, 5) is 26.1. The maximum Gasteiger partial charge on any atom is 0.417 e. The number of ketones is 1. The Balaban J connectivity index is 0.00000210. The van der Waals surface area contributed by atoms with Gasteiger partial charge in [-0.1, -0.05) is 71.3 Å². The average Bonchev–Trinajstić information content (AvgIpc) is 2.84. The Labute approximate surface area is 198 Å². The topological polar surface area (TPSA) is 60.4 Å². The quantitative estimate of drug-likeness (QED) is 0.121. The van der Waals surface area contributed by atoms with E-state index in [9.17, 15) is 35.9 Å². The van der Waals surface area contributed by atoms with E-state index in [0.29, 0.717) is 23.8 Å². The minimum atomic E-state index is -5.26. The van der Waals surface area contributed by atoms with E-state index < -0.39 is 46.7 Å². The fourth-order valence-electron chi connectivity index (χ4n) is 3.29. The van der Waals surface area contributed by atoms with Gasteiger partial charge in [0.1, 0.15) is 12.5 Å². The van der Waals surface area contributed by atoms with Crippen LogP contribution in [0.4, 0.5) is 26.3 Å². The summed E-state index contributed by atoms with van der Waals surface area (Å²) in [7, 11) is 1.17. The second-order valence-corrected chi connectivity index (χ2v) is 7.02. The molecule has 0 aliphatic heterocycles. The first-order chi connectivity index (χ1) is 16.5. The lowest BCUT2D eigenvalue weighted by molar-refractivity contribution is -0.147. The Morgan fingerprint density at radius 1 is 0.714 bits per heavy atom. The molecule has 0 saturated carbocycles. The molecule has 3 rings (SSSR count). The molecule has 0 aliphatic carbocycles. The molecular formula is C24H18F6O4P+. The first-order valence-corrected chi connectivity index (χ1v) is 10.3. The standard InChI is InChI=1S/C24H16F6O3.H2OP/c25-23(26,27)17-12-7-13-18(24(28,29)30)20(17)21(31)19(16-10-5-2-6-11-16)22(32)33-14-15-8-3-1-4-9-15;1-2/h1-13,19H,14H2;2H2/q;+1. The van der Waals surface area contributed by atoms with Crippen LogP contribution in [-0.4, -0.2) is 11.8 Å². The summed E-state index contributed by atoms with van der Waals surface area (Å²) in [6.45, 7) is -0.316. The van der Waals surface area contributed by atoms with Crippen LogP contribution in [0, 0.1) is 0 Å². The minimum Gasteiger partial charge on any atom is -0.460 e. The first kappa shape index (κ1) is 27.7. The summed E-state index contributed by atoms with van der Waals surface area (Å²) in [6.07, 6.45) is -10.5. The molecule has 3 aromatic rings. The van der Waals surface area contributed by atoms with Crippen LogP contribution in [0.1, 0.15) is 38.5 Å². The molecule has 0 heterocycles. The van der Waals surface area contributed by atoms with Crippen LogP contribution in [0.2, 0.25) is 0 Å². The number of Topliss-reactive ketones (excluding diaryl/α,β-unsaturated/α-hetero) is 1. The fourth-order valence-corrected chi connectivity index (χ4v) is 3.29. The Bertz CT molecular complexity index is 1120. The van der Waals surface area contributed by atoms with Crippen molar-refractivity contribution in [2.45, 2.75) is 24.9 Å². The van der Waals surface area contributed by atoms with Crippen molar-refractivity contribution < 1.29 is 45.2 Å². The second kappa shape index (κ2) is 11.8. The molecule has 0 N–H and O–H groups in total. The van der Waals surface area contributed by atoms with Crippen LogP contribution >= 0.6 is 9.12 Å².